The first kappa shape index (κ1) is 14.3. The van der Waals surface area contributed by atoms with Crippen LogP contribution in [0, 0.1) is 0 Å². The summed E-state index contributed by atoms with van der Waals surface area (Å²) in [5, 5.41) is 27.0. The fraction of sp³-hybridized carbons (Fsp3) is 0.900. The van der Waals surface area contributed by atoms with E-state index in [4.69, 9.17) is 15.9 Å². The van der Waals surface area contributed by atoms with Crippen LogP contribution in [-0.4, -0.2) is 39.5 Å². The standard InChI is InChI=1S/C10H21NO4/c1-2-3-4-5-7(12)6-8(11)9(13)10(14)15/h7-9,12-13H,2-6,11H2,1H3,(H,14,15). The quantitative estimate of drug-likeness (QED) is 0.433. The van der Waals surface area contributed by atoms with Crippen molar-refractivity contribution < 1.29 is 20.1 Å². The van der Waals surface area contributed by atoms with E-state index in [1.807, 2.05) is 0 Å². The third kappa shape index (κ3) is 6.43. The first-order valence-corrected chi connectivity index (χ1v) is 5.33. The molecule has 0 saturated carbocycles. The minimum absolute atomic E-state index is 0.122. The Hall–Kier alpha value is -0.650. The highest BCUT2D eigenvalue weighted by Gasteiger charge is 2.24. The third-order valence-corrected chi connectivity index (χ3v) is 2.34. The number of hydrogen-bond donors (Lipinski definition) is 4. The van der Waals surface area contributed by atoms with Crippen LogP contribution in [0.15, 0.2) is 0 Å². The first-order valence-electron chi connectivity index (χ1n) is 5.33. The summed E-state index contributed by atoms with van der Waals surface area (Å²) in [5.74, 6) is -1.34. The van der Waals surface area contributed by atoms with Crippen LogP contribution in [0.3, 0.4) is 0 Å². The number of aliphatic hydroxyl groups excluding tert-OH is 2. The lowest BCUT2D eigenvalue weighted by molar-refractivity contribution is -0.148. The highest BCUT2D eigenvalue weighted by molar-refractivity contribution is 5.72. The van der Waals surface area contributed by atoms with Crippen molar-refractivity contribution in [2.24, 2.45) is 5.73 Å². The summed E-state index contributed by atoms with van der Waals surface area (Å²) in [6, 6.07) is -0.904. The molecule has 90 valence electrons. The predicted octanol–water partition coefficient (Wildman–Crippen LogP) is 0.0905. The highest BCUT2D eigenvalue weighted by Crippen LogP contribution is 2.09. The molecule has 0 aliphatic rings. The Labute approximate surface area is 89.9 Å². The minimum Gasteiger partial charge on any atom is -0.479 e. The zero-order chi connectivity index (χ0) is 11.8. The van der Waals surface area contributed by atoms with Crippen molar-refractivity contribution >= 4 is 5.97 Å². The van der Waals surface area contributed by atoms with Crippen molar-refractivity contribution in [1.82, 2.24) is 0 Å². The van der Waals surface area contributed by atoms with E-state index in [-0.39, 0.29) is 6.42 Å². The van der Waals surface area contributed by atoms with Gasteiger partial charge in [0, 0.05) is 6.04 Å². The van der Waals surface area contributed by atoms with Crippen LogP contribution in [0.5, 0.6) is 0 Å². The van der Waals surface area contributed by atoms with E-state index in [1.165, 1.54) is 0 Å². The molecule has 3 atom stereocenters. The summed E-state index contributed by atoms with van der Waals surface area (Å²) < 4.78 is 0. The smallest absolute Gasteiger partial charge is 0.334 e. The molecule has 0 rings (SSSR count). The van der Waals surface area contributed by atoms with Gasteiger partial charge in [-0.25, -0.2) is 4.79 Å². The van der Waals surface area contributed by atoms with E-state index in [0.717, 1.165) is 19.3 Å². The van der Waals surface area contributed by atoms with Crippen molar-refractivity contribution in [2.75, 3.05) is 0 Å². The number of nitrogens with two attached hydrogens (primary N) is 1. The van der Waals surface area contributed by atoms with Crippen LogP contribution in [0.25, 0.3) is 0 Å². The summed E-state index contributed by atoms with van der Waals surface area (Å²) in [7, 11) is 0. The van der Waals surface area contributed by atoms with Crippen molar-refractivity contribution in [1.29, 1.82) is 0 Å². The second kappa shape index (κ2) is 7.62. The molecule has 5 nitrogen and oxygen atoms in total. The molecule has 0 spiro atoms. The van der Waals surface area contributed by atoms with Gasteiger partial charge in [0.1, 0.15) is 0 Å². The Bertz CT molecular complexity index is 186. The maximum atomic E-state index is 10.4. The minimum atomic E-state index is -1.59. The van der Waals surface area contributed by atoms with Gasteiger partial charge in [0.05, 0.1) is 6.10 Å². The molecule has 5 heteroatoms. The Kier molecular flexibility index (Phi) is 7.29. The molecular weight excluding hydrogens is 198 g/mol. The zero-order valence-corrected chi connectivity index (χ0v) is 9.09. The molecule has 0 aromatic carbocycles. The monoisotopic (exact) mass is 219 g/mol. The molecule has 5 N–H and O–H groups in total. The van der Waals surface area contributed by atoms with Gasteiger partial charge in [-0.3, -0.25) is 0 Å². The molecule has 0 amide bonds. The van der Waals surface area contributed by atoms with Gasteiger partial charge in [0.25, 0.3) is 0 Å². The molecule has 0 saturated heterocycles. The maximum Gasteiger partial charge on any atom is 0.334 e. The molecule has 0 radical (unpaired) electrons. The number of unbranched alkanes of at least 4 members (excludes halogenated alkanes) is 2. The van der Waals surface area contributed by atoms with E-state index in [2.05, 4.69) is 6.92 Å². The molecule has 3 unspecified atom stereocenters. The fourth-order valence-corrected chi connectivity index (χ4v) is 1.37. The van der Waals surface area contributed by atoms with E-state index in [1.54, 1.807) is 0 Å². The van der Waals surface area contributed by atoms with Crippen LogP contribution >= 0.6 is 0 Å². The predicted molar refractivity (Wildman–Crippen MR) is 56.4 cm³/mol. The average Bonchev–Trinajstić information content (AvgIpc) is 2.16. The fourth-order valence-electron chi connectivity index (χ4n) is 1.37. The molecular formula is C10H21NO4. The van der Waals surface area contributed by atoms with Crippen LogP contribution in [0.4, 0.5) is 0 Å². The van der Waals surface area contributed by atoms with Crippen molar-refractivity contribution in [3.8, 4) is 0 Å². The highest BCUT2D eigenvalue weighted by atomic mass is 16.4. The summed E-state index contributed by atoms with van der Waals surface area (Å²) in [4.78, 5) is 10.4. The van der Waals surface area contributed by atoms with Crippen LogP contribution in [-0.2, 0) is 4.79 Å². The molecule has 15 heavy (non-hydrogen) atoms. The largest absolute Gasteiger partial charge is 0.479 e. The van der Waals surface area contributed by atoms with Crippen molar-refractivity contribution in [3.63, 3.8) is 0 Å². The van der Waals surface area contributed by atoms with Crippen LogP contribution < -0.4 is 5.73 Å². The van der Waals surface area contributed by atoms with Crippen molar-refractivity contribution in [2.45, 2.75) is 57.3 Å². The average molecular weight is 219 g/mol. The van der Waals surface area contributed by atoms with Crippen LogP contribution in [0.1, 0.15) is 39.0 Å². The van der Waals surface area contributed by atoms with E-state index < -0.39 is 24.2 Å². The molecule has 0 heterocycles. The third-order valence-electron chi connectivity index (χ3n) is 2.34. The topological polar surface area (TPSA) is 104 Å². The number of hydrogen-bond acceptors (Lipinski definition) is 4. The molecule has 0 fully saturated rings. The zero-order valence-electron chi connectivity index (χ0n) is 9.09. The van der Waals surface area contributed by atoms with Gasteiger partial charge >= 0.3 is 5.97 Å². The van der Waals surface area contributed by atoms with Crippen LogP contribution in [0.2, 0.25) is 0 Å². The van der Waals surface area contributed by atoms with E-state index in [0.29, 0.717) is 6.42 Å². The lowest BCUT2D eigenvalue weighted by Gasteiger charge is -2.18. The first-order chi connectivity index (χ1) is 6.99. The summed E-state index contributed by atoms with van der Waals surface area (Å²) in [6.07, 6.45) is 1.51. The molecule has 0 aromatic heterocycles. The van der Waals surface area contributed by atoms with Gasteiger partial charge in [-0.05, 0) is 12.8 Å². The van der Waals surface area contributed by atoms with Gasteiger partial charge < -0.3 is 21.1 Å². The summed E-state index contributed by atoms with van der Waals surface area (Å²) >= 11 is 0. The normalized spacial score (nSPS) is 17.1. The SMILES string of the molecule is CCCCCC(O)CC(N)C(O)C(=O)O. The van der Waals surface area contributed by atoms with Gasteiger partial charge in [0.2, 0.25) is 0 Å². The second-order valence-corrected chi connectivity index (χ2v) is 3.83. The molecule has 0 aliphatic carbocycles. The number of rotatable bonds is 8. The summed E-state index contributed by atoms with van der Waals surface area (Å²) in [5.41, 5.74) is 5.43. The van der Waals surface area contributed by atoms with Gasteiger partial charge in [-0.1, -0.05) is 26.2 Å². The molecule has 0 aliphatic heterocycles. The number of carboxylic acid groups (broad SMARTS) is 1. The lowest BCUT2D eigenvalue weighted by Crippen LogP contribution is -2.42. The van der Waals surface area contributed by atoms with Gasteiger partial charge in [-0.15, -0.1) is 0 Å². The molecule has 0 bridgehead atoms. The number of carboxylic acids is 1. The van der Waals surface area contributed by atoms with Crippen molar-refractivity contribution in [3.05, 3.63) is 0 Å². The number of aliphatic carboxylic acids is 1. The van der Waals surface area contributed by atoms with Gasteiger partial charge in [0.15, 0.2) is 6.10 Å². The Morgan fingerprint density at radius 2 is 1.93 bits per heavy atom. The second-order valence-electron chi connectivity index (χ2n) is 3.83. The Morgan fingerprint density at radius 3 is 2.40 bits per heavy atom. The van der Waals surface area contributed by atoms with E-state index >= 15 is 0 Å². The number of carbonyl (C=O) groups is 1. The van der Waals surface area contributed by atoms with E-state index in [9.17, 15) is 9.90 Å². The summed E-state index contributed by atoms with van der Waals surface area (Å²) in [6.45, 7) is 2.06. The lowest BCUT2D eigenvalue weighted by atomic mass is 10.0. The van der Waals surface area contributed by atoms with Gasteiger partial charge in [-0.2, -0.15) is 0 Å². The molecule has 0 aromatic rings. The number of aliphatic hydroxyl groups is 2. The Balaban J connectivity index is 3.75. The maximum absolute atomic E-state index is 10.4. The Morgan fingerprint density at radius 1 is 1.33 bits per heavy atom.